The number of carbonyl (C=O) groups is 1. The van der Waals surface area contributed by atoms with Crippen molar-refractivity contribution >= 4 is 11.9 Å². The summed E-state index contributed by atoms with van der Waals surface area (Å²) in [5.74, 6) is 0.732. The highest BCUT2D eigenvalue weighted by Gasteiger charge is 2.26. The van der Waals surface area contributed by atoms with E-state index in [2.05, 4.69) is 0 Å². The fourth-order valence-corrected chi connectivity index (χ4v) is 1.63. The number of fused-ring (bicyclic) bond motifs is 1. The number of hydrogen-bond donors (Lipinski definition) is 1. The topological polar surface area (TPSA) is 46.5 Å². The largest absolute Gasteiger partial charge is 0.480 e. The first-order valence-electron chi connectivity index (χ1n) is 5.18. The molecule has 84 valence electrons. The molecule has 0 aliphatic carbocycles. The molecule has 0 fully saturated rings. The highest BCUT2D eigenvalue weighted by Crippen LogP contribution is 2.31. The Hall–Kier alpha value is -1.61. The van der Waals surface area contributed by atoms with E-state index >= 15 is 0 Å². The summed E-state index contributed by atoms with van der Waals surface area (Å²) in [4.78, 5) is 11.2. The van der Waals surface area contributed by atoms with Crippen LogP contribution in [0.25, 0.3) is 6.08 Å². The van der Waals surface area contributed by atoms with Gasteiger partial charge in [-0.05, 0) is 38.1 Å². The number of hydrogen-bond acceptors (Lipinski definition) is 3. The lowest BCUT2D eigenvalue weighted by atomic mass is 9.99. The summed E-state index contributed by atoms with van der Waals surface area (Å²) in [5.41, 5.74) is 0.878. The third-order valence-corrected chi connectivity index (χ3v) is 2.69. The Bertz CT molecular complexity index is 462. The molecule has 0 saturated heterocycles. The van der Waals surface area contributed by atoms with Crippen LogP contribution >= 0.6 is 0 Å². The SMILES string of the molecule is CC(=O)c1ccc2c(c1)C=C[C@](C)(CO)O2. The zero-order chi connectivity index (χ0) is 11.8. The Morgan fingerprint density at radius 1 is 1.50 bits per heavy atom. The number of rotatable bonds is 2. The molecule has 1 heterocycles. The van der Waals surface area contributed by atoms with Gasteiger partial charge in [0.05, 0.1) is 6.61 Å². The normalized spacial score (nSPS) is 22.4. The van der Waals surface area contributed by atoms with Crippen LogP contribution in [0.3, 0.4) is 0 Å². The summed E-state index contributed by atoms with van der Waals surface area (Å²) < 4.78 is 5.66. The fourth-order valence-electron chi connectivity index (χ4n) is 1.63. The molecule has 1 atom stereocenters. The zero-order valence-electron chi connectivity index (χ0n) is 9.36. The van der Waals surface area contributed by atoms with E-state index in [9.17, 15) is 9.90 Å². The number of carbonyl (C=O) groups excluding carboxylic acids is 1. The molecule has 1 N–H and O–H groups in total. The van der Waals surface area contributed by atoms with Crippen LogP contribution in [0.15, 0.2) is 24.3 Å². The van der Waals surface area contributed by atoms with Crippen molar-refractivity contribution in [1.82, 2.24) is 0 Å². The van der Waals surface area contributed by atoms with E-state index in [1.165, 1.54) is 6.92 Å². The predicted octanol–water partition coefficient (Wildman–Crippen LogP) is 2.05. The van der Waals surface area contributed by atoms with Gasteiger partial charge in [-0.3, -0.25) is 4.79 Å². The minimum absolute atomic E-state index is 0.0340. The van der Waals surface area contributed by atoms with Crippen LogP contribution < -0.4 is 4.74 Å². The average Bonchev–Trinajstić information content (AvgIpc) is 2.28. The molecule has 0 amide bonds. The molecule has 0 saturated carbocycles. The second kappa shape index (κ2) is 3.76. The van der Waals surface area contributed by atoms with Gasteiger partial charge >= 0.3 is 0 Å². The maximum Gasteiger partial charge on any atom is 0.159 e. The first kappa shape index (κ1) is 10.9. The quantitative estimate of drug-likeness (QED) is 0.773. The van der Waals surface area contributed by atoms with E-state index in [1.54, 1.807) is 24.3 Å². The van der Waals surface area contributed by atoms with Gasteiger partial charge in [-0.1, -0.05) is 6.08 Å². The summed E-state index contributed by atoms with van der Waals surface area (Å²) in [6.07, 6.45) is 3.68. The molecular weight excluding hydrogens is 204 g/mol. The number of aliphatic hydroxyl groups excluding tert-OH is 1. The van der Waals surface area contributed by atoms with Gasteiger partial charge in [0.25, 0.3) is 0 Å². The van der Waals surface area contributed by atoms with Gasteiger partial charge in [-0.2, -0.15) is 0 Å². The second-order valence-corrected chi connectivity index (χ2v) is 4.21. The van der Waals surface area contributed by atoms with Crippen LogP contribution in [0.1, 0.15) is 29.8 Å². The minimum atomic E-state index is -0.662. The van der Waals surface area contributed by atoms with Crippen LogP contribution in [-0.2, 0) is 0 Å². The first-order valence-corrected chi connectivity index (χ1v) is 5.18. The van der Waals surface area contributed by atoms with Gasteiger partial charge in [0.15, 0.2) is 5.78 Å². The van der Waals surface area contributed by atoms with Gasteiger partial charge < -0.3 is 9.84 Å². The minimum Gasteiger partial charge on any atom is -0.480 e. The van der Waals surface area contributed by atoms with E-state index in [1.807, 2.05) is 13.0 Å². The van der Waals surface area contributed by atoms with Crippen molar-refractivity contribution in [1.29, 1.82) is 0 Å². The lowest BCUT2D eigenvalue weighted by molar-refractivity contribution is 0.0641. The maximum absolute atomic E-state index is 11.2. The Balaban J connectivity index is 2.40. The number of ether oxygens (including phenoxy) is 1. The highest BCUT2D eigenvalue weighted by atomic mass is 16.5. The average molecular weight is 218 g/mol. The van der Waals surface area contributed by atoms with Crippen LogP contribution in [0.4, 0.5) is 0 Å². The molecule has 1 aromatic rings. The predicted molar refractivity (Wildman–Crippen MR) is 61.6 cm³/mol. The highest BCUT2D eigenvalue weighted by molar-refractivity contribution is 5.95. The van der Waals surface area contributed by atoms with Crippen LogP contribution in [-0.4, -0.2) is 23.1 Å². The van der Waals surface area contributed by atoms with Gasteiger partial charge in [-0.25, -0.2) is 0 Å². The van der Waals surface area contributed by atoms with Crippen molar-refractivity contribution in [2.75, 3.05) is 6.61 Å². The molecule has 1 aliphatic heterocycles. The van der Waals surface area contributed by atoms with Gasteiger partial charge in [0.2, 0.25) is 0 Å². The molecule has 3 heteroatoms. The number of benzene rings is 1. The molecule has 0 aromatic heterocycles. The van der Waals surface area contributed by atoms with Gasteiger partial charge in [-0.15, -0.1) is 0 Å². The molecule has 3 nitrogen and oxygen atoms in total. The Kier molecular flexibility index (Phi) is 2.56. The lowest BCUT2D eigenvalue weighted by Crippen LogP contribution is -2.35. The molecular formula is C13H14O3. The van der Waals surface area contributed by atoms with Crippen LogP contribution in [0.2, 0.25) is 0 Å². The van der Waals surface area contributed by atoms with E-state index in [0.717, 1.165) is 5.56 Å². The van der Waals surface area contributed by atoms with Gasteiger partial charge in [0, 0.05) is 11.1 Å². The third-order valence-electron chi connectivity index (χ3n) is 2.69. The third kappa shape index (κ3) is 1.86. The number of aliphatic hydroxyl groups is 1. The summed E-state index contributed by atoms with van der Waals surface area (Å²) in [6, 6.07) is 5.30. The van der Waals surface area contributed by atoms with Gasteiger partial charge in [0.1, 0.15) is 11.4 Å². The summed E-state index contributed by atoms with van der Waals surface area (Å²) in [7, 11) is 0. The van der Waals surface area contributed by atoms with E-state index in [-0.39, 0.29) is 12.4 Å². The van der Waals surface area contributed by atoms with E-state index in [0.29, 0.717) is 11.3 Å². The number of Topliss-reactive ketones (excluding diaryl/α,β-unsaturated/α-hetero) is 1. The maximum atomic E-state index is 11.2. The zero-order valence-corrected chi connectivity index (χ0v) is 9.36. The van der Waals surface area contributed by atoms with Crippen molar-refractivity contribution in [2.24, 2.45) is 0 Å². The summed E-state index contributed by atoms with van der Waals surface area (Å²) in [6.45, 7) is 3.27. The van der Waals surface area contributed by atoms with Crippen molar-refractivity contribution in [3.8, 4) is 5.75 Å². The number of ketones is 1. The van der Waals surface area contributed by atoms with Crippen molar-refractivity contribution in [3.63, 3.8) is 0 Å². The molecule has 1 aromatic carbocycles. The van der Waals surface area contributed by atoms with Crippen molar-refractivity contribution in [2.45, 2.75) is 19.4 Å². The molecule has 2 rings (SSSR count). The Labute approximate surface area is 94.4 Å². The fraction of sp³-hybridized carbons (Fsp3) is 0.308. The van der Waals surface area contributed by atoms with Crippen LogP contribution in [0.5, 0.6) is 5.75 Å². The van der Waals surface area contributed by atoms with Crippen LogP contribution in [0, 0.1) is 0 Å². The molecule has 0 bridgehead atoms. The van der Waals surface area contributed by atoms with E-state index in [4.69, 9.17) is 4.74 Å². The molecule has 0 spiro atoms. The standard InChI is InChI=1S/C13H14O3/c1-9(15)10-3-4-12-11(7-10)5-6-13(2,8-14)16-12/h3-7,14H,8H2,1-2H3/t13-/m1/s1. The molecule has 0 radical (unpaired) electrons. The Morgan fingerprint density at radius 3 is 2.88 bits per heavy atom. The monoisotopic (exact) mass is 218 g/mol. The Morgan fingerprint density at radius 2 is 2.25 bits per heavy atom. The summed E-state index contributed by atoms with van der Waals surface area (Å²) >= 11 is 0. The van der Waals surface area contributed by atoms with Crippen molar-refractivity contribution < 1.29 is 14.6 Å². The molecule has 0 unspecified atom stereocenters. The lowest BCUT2D eigenvalue weighted by Gasteiger charge is -2.29. The summed E-state index contributed by atoms with van der Waals surface area (Å²) in [5, 5.41) is 9.19. The molecule has 1 aliphatic rings. The smallest absolute Gasteiger partial charge is 0.159 e. The van der Waals surface area contributed by atoms with E-state index < -0.39 is 5.60 Å². The van der Waals surface area contributed by atoms with Crippen molar-refractivity contribution in [3.05, 3.63) is 35.4 Å². The first-order chi connectivity index (χ1) is 7.54. The molecule has 16 heavy (non-hydrogen) atoms. The second-order valence-electron chi connectivity index (χ2n) is 4.21.